The van der Waals surface area contributed by atoms with Gasteiger partial charge in [-0.15, -0.1) is 0 Å². The number of rotatable bonds is 4. The van der Waals surface area contributed by atoms with Gasteiger partial charge in [-0.1, -0.05) is 12.1 Å². The SMILES string of the molecule is Cc1ccc(-c2ccnc3c(C(=O)NCc4ccc(F)cc4)cnn23)o1. The van der Waals surface area contributed by atoms with E-state index in [0.717, 1.165) is 11.3 Å². The van der Waals surface area contributed by atoms with Gasteiger partial charge in [0.1, 0.15) is 22.8 Å². The molecule has 0 saturated heterocycles. The Morgan fingerprint density at radius 1 is 1.19 bits per heavy atom. The average molecular weight is 350 g/mol. The molecule has 6 nitrogen and oxygen atoms in total. The van der Waals surface area contributed by atoms with Crippen molar-refractivity contribution in [1.82, 2.24) is 19.9 Å². The van der Waals surface area contributed by atoms with Crippen LogP contribution in [0.15, 0.2) is 59.3 Å². The minimum absolute atomic E-state index is 0.285. The van der Waals surface area contributed by atoms with Gasteiger partial charge in [-0.25, -0.2) is 13.9 Å². The van der Waals surface area contributed by atoms with Crippen molar-refractivity contribution < 1.29 is 13.6 Å². The number of aromatic nitrogens is 3. The third kappa shape index (κ3) is 2.95. The van der Waals surface area contributed by atoms with Crippen LogP contribution in [-0.2, 0) is 6.54 Å². The molecule has 1 aromatic carbocycles. The van der Waals surface area contributed by atoms with Gasteiger partial charge in [-0.05, 0) is 42.8 Å². The van der Waals surface area contributed by atoms with Crippen molar-refractivity contribution in [3.05, 3.63) is 77.6 Å². The first-order chi connectivity index (χ1) is 12.6. The molecule has 0 spiro atoms. The van der Waals surface area contributed by atoms with Gasteiger partial charge in [0, 0.05) is 12.7 Å². The minimum Gasteiger partial charge on any atom is -0.460 e. The predicted octanol–water partition coefficient (Wildman–Crippen LogP) is 3.37. The van der Waals surface area contributed by atoms with Crippen LogP contribution in [0.5, 0.6) is 0 Å². The number of halogens is 1. The van der Waals surface area contributed by atoms with Gasteiger partial charge in [0.2, 0.25) is 0 Å². The summed E-state index contributed by atoms with van der Waals surface area (Å²) in [5.41, 5.74) is 2.31. The molecular weight excluding hydrogens is 335 g/mol. The number of hydrogen-bond acceptors (Lipinski definition) is 4. The van der Waals surface area contributed by atoms with Crippen LogP contribution >= 0.6 is 0 Å². The van der Waals surface area contributed by atoms with Crippen LogP contribution in [0, 0.1) is 12.7 Å². The lowest BCUT2D eigenvalue weighted by Gasteiger charge is -2.05. The smallest absolute Gasteiger partial charge is 0.257 e. The van der Waals surface area contributed by atoms with Crippen molar-refractivity contribution in [3.63, 3.8) is 0 Å². The van der Waals surface area contributed by atoms with E-state index >= 15 is 0 Å². The number of amides is 1. The van der Waals surface area contributed by atoms with Gasteiger partial charge in [-0.2, -0.15) is 5.10 Å². The Labute approximate surface area is 148 Å². The molecule has 1 amide bonds. The van der Waals surface area contributed by atoms with E-state index in [1.54, 1.807) is 28.9 Å². The van der Waals surface area contributed by atoms with Crippen LogP contribution in [0.3, 0.4) is 0 Å². The highest BCUT2D eigenvalue weighted by molar-refractivity contribution is 5.99. The molecule has 0 unspecified atom stereocenters. The molecule has 130 valence electrons. The molecule has 4 rings (SSSR count). The van der Waals surface area contributed by atoms with Gasteiger partial charge in [0.15, 0.2) is 11.4 Å². The molecule has 0 bridgehead atoms. The summed E-state index contributed by atoms with van der Waals surface area (Å²) in [5, 5.41) is 7.07. The molecule has 0 radical (unpaired) electrons. The summed E-state index contributed by atoms with van der Waals surface area (Å²) >= 11 is 0. The Kier molecular flexibility index (Phi) is 3.96. The standard InChI is InChI=1S/C19H15FN4O2/c1-12-2-7-17(26-12)16-8-9-21-18-15(11-23-24(16)18)19(25)22-10-13-3-5-14(20)6-4-13/h2-9,11H,10H2,1H3,(H,22,25). The van der Waals surface area contributed by atoms with Crippen molar-refractivity contribution in [1.29, 1.82) is 0 Å². The number of nitrogens with zero attached hydrogens (tertiary/aromatic N) is 3. The molecule has 7 heteroatoms. The first-order valence-electron chi connectivity index (χ1n) is 8.04. The number of carbonyl (C=O) groups excluding carboxylic acids is 1. The fourth-order valence-corrected chi connectivity index (χ4v) is 2.69. The maximum atomic E-state index is 12.9. The quantitative estimate of drug-likeness (QED) is 0.612. The van der Waals surface area contributed by atoms with Crippen LogP contribution < -0.4 is 5.32 Å². The van der Waals surface area contributed by atoms with E-state index in [-0.39, 0.29) is 18.3 Å². The number of carbonyl (C=O) groups is 1. The Hall–Kier alpha value is -3.48. The van der Waals surface area contributed by atoms with Crippen molar-refractivity contribution >= 4 is 11.6 Å². The summed E-state index contributed by atoms with van der Waals surface area (Å²) in [7, 11) is 0. The molecule has 0 fully saturated rings. The van der Waals surface area contributed by atoms with Gasteiger partial charge in [-0.3, -0.25) is 4.79 Å². The normalized spacial score (nSPS) is 11.0. The highest BCUT2D eigenvalue weighted by Gasteiger charge is 2.17. The monoisotopic (exact) mass is 350 g/mol. The largest absolute Gasteiger partial charge is 0.460 e. The van der Waals surface area contributed by atoms with Crippen LogP contribution in [0.4, 0.5) is 4.39 Å². The third-order valence-electron chi connectivity index (χ3n) is 4.01. The number of aryl methyl sites for hydroxylation is 1. The maximum absolute atomic E-state index is 12.9. The first kappa shape index (κ1) is 16.0. The second-order valence-electron chi connectivity index (χ2n) is 5.84. The number of hydrogen-bond donors (Lipinski definition) is 1. The van der Waals surface area contributed by atoms with E-state index in [4.69, 9.17) is 4.42 Å². The highest BCUT2D eigenvalue weighted by atomic mass is 19.1. The molecule has 0 aliphatic rings. The van der Waals surface area contributed by atoms with E-state index in [1.165, 1.54) is 18.3 Å². The molecule has 1 N–H and O–H groups in total. The van der Waals surface area contributed by atoms with Crippen LogP contribution in [0.25, 0.3) is 17.1 Å². The molecule has 3 aromatic heterocycles. The van der Waals surface area contributed by atoms with Gasteiger partial charge in [0.05, 0.1) is 6.20 Å². The van der Waals surface area contributed by atoms with E-state index in [2.05, 4.69) is 15.4 Å². The lowest BCUT2D eigenvalue weighted by molar-refractivity contribution is 0.0952. The molecular formula is C19H15FN4O2. The lowest BCUT2D eigenvalue weighted by atomic mass is 10.2. The van der Waals surface area contributed by atoms with E-state index in [9.17, 15) is 9.18 Å². The summed E-state index contributed by atoms with van der Waals surface area (Å²) in [4.78, 5) is 16.8. The zero-order valence-electron chi connectivity index (χ0n) is 13.9. The van der Waals surface area contributed by atoms with E-state index < -0.39 is 0 Å². The predicted molar refractivity (Wildman–Crippen MR) is 93.0 cm³/mol. The fourth-order valence-electron chi connectivity index (χ4n) is 2.69. The van der Waals surface area contributed by atoms with Crippen molar-refractivity contribution in [3.8, 4) is 11.5 Å². The molecule has 0 saturated carbocycles. The number of benzene rings is 1. The van der Waals surface area contributed by atoms with Crippen molar-refractivity contribution in [2.75, 3.05) is 0 Å². The van der Waals surface area contributed by atoms with Gasteiger partial charge >= 0.3 is 0 Å². The average Bonchev–Trinajstić information content (AvgIpc) is 3.27. The van der Waals surface area contributed by atoms with Crippen molar-refractivity contribution in [2.24, 2.45) is 0 Å². The Morgan fingerprint density at radius 2 is 2.00 bits per heavy atom. The summed E-state index contributed by atoms with van der Waals surface area (Å²) in [6.45, 7) is 2.15. The topological polar surface area (TPSA) is 72.4 Å². The molecule has 3 heterocycles. The zero-order valence-corrected chi connectivity index (χ0v) is 13.9. The molecule has 0 atom stereocenters. The number of fused-ring (bicyclic) bond motifs is 1. The summed E-state index contributed by atoms with van der Waals surface area (Å²) in [5.74, 6) is 0.822. The molecule has 0 aliphatic heterocycles. The Balaban J connectivity index is 1.60. The second-order valence-corrected chi connectivity index (χ2v) is 5.84. The van der Waals surface area contributed by atoms with E-state index in [1.807, 2.05) is 19.1 Å². The summed E-state index contributed by atoms with van der Waals surface area (Å²) in [6.07, 6.45) is 3.09. The molecule has 4 aromatic rings. The van der Waals surface area contributed by atoms with Crippen LogP contribution in [-0.4, -0.2) is 20.5 Å². The minimum atomic E-state index is -0.312. The zero-order chi connectivity index (χ0) is 18.1. The second kappa shape index (κ2) is 6.44. The highest BCUT2D eigenvalue weighted by Crippen LogP contribution is 2.23. The van der Waals surface area contributed by atoms with Gasteiger partial charge < -0.3 is 9.73 Å². The lowest BCUT2D eigenvalue weighted by Crippen LogP contribution is -2.22. The summed E-state index contributed by atoms with van der Waals surface area (Å²) < 4.78 is 20.2. The van der Waals surface area contributed by atoms with Crippen molar-refractivity contribution in [2.45, 2.75) is 13.5 Å². The fraction of sp³-hybridized carbons (Fsp3) is 0.105. The van der Waals surface area contributed by atoms with Crippen LogP contribution in [0.1, 0.15) is 21.7 Å². The Morgan fingerprint density at radius 3 is 2.73 bits per heavy atom. The summed E-state index contributed by atoms with van der Waals surface area (Å²) in [6, 6.07) is 11.5. The van der Waals surface area contributed by atoms with Gasteiger partial charge in [0.25, 0.3) is 5.91 Å². The Bertz CT molecular complexity index is 1080. The third-order valence-corrected chi connectivity index (χ3v) is 4.01. The molecule has 0 aliphatic carbocycles. The van der Waals surface area contributed by atoms with E-state index in [0.29, 0.717) is 22.7 Å². The van der Waals surface area contributed by atoms with Crippen LogP contribution in [0.2, 0.25) is 0 Å². The first-order valence-corrected chi connectivity index (χ1v) is 8.04. The molecule has 26 heavy (non-hydrogen) atoms. The number of nitrogens with one attached hydrogen (secondary N) is 1. The maximum Gasteiger partial charge on any atom is 0.257 e. The number of furan rings is 1.